The monoisotopic (exact) mass is 460 g/mol. The highest BCUT2D eigenvalue weighted by Crippen LogP contribution is 2.39. The van der Waals surface area contributed by atoms with Crippen molar-refractivity contribution in [3.63, 3.8) is 0 Å². The van der Waals surface area contributed by atoms with Gasteiger partial charge in [0.15, 0.2) is 5.69 Å². The van der Waals surface area contributed by atoms with E-state index in [0.717, 1.165) is 35.5 Å². The van der Waals surface area contributed by atoms with Gasteiger partial charge in [-0.05, 0) is 31.5 Å². The van der Waals surface area contributed by atoms with Crippen LogP contribution in [0.2, 0.25) is 0 Å². The number of rotatable bonds is 6. The van der Waals surface area contributed by atoms with Gasteiger partial charge in [0, 0.05) is 22.7 Å². The van der Waals surface area contributed by atoms with Gasteiger partial charge in [-0.25, -0.2) is 4.68 Å². The molecule has 33 heavy (non-hydrogen) atoms. The van der Waals surface area contributed by atoms with Crippen molar-refractivity contribution in [1.82, 2.24) is 25.0 Å². The van der Waals surface area contributed by atoms with Gasteiger partial charge in [0.25, 0.3) is 5.56 Å². The van der Waals surface area contributed by atoms with Crippen molar-refractivity contribution in [2.45, 2.75) is 38.1 Å². The molecule has 9 heteroatoms. The van der Waals surface area contributed by atoms with E-state index in [0.29, 0.717) is 28.0 Å². The molecule has 0 spiro atoms. The van der Waals surface area contributed by atoms with E-state index < -0.39 is 6.23 Å². The van der Waals surface area contributed by atoms with Gasteiger partial charge in [0.2, 0.25) is 17.3 Å². The number of benzene rings is 2. The third kappa shape index (κ3) is 4.11. The van der Waals surface area contributed by atoms with Crippen molar-refractivity contribution < 1.29 is 4.74 Å². The molecule has 2 aromatic carbocycles. The summed E-state index contributed by atoms with van der Waals surface area (Å²) in [7, 11) is 0. The predicted octanol–water partition coefficient (Wildman–Crippen LogP) is 4.72. The van der Waals surface area contributed by atoms with Crippen LogP contribution in [0.5, 0.6) is 5.88 Å². The van der Waals surface area contributed by atoms with Crippen LogP contribution >= 0.6 is 11.8 Å². The first kappa shape index (κ1) is 21.3. The Hall–Kier alpha value is -3.59. The van der Waals surface area contributed by atoms with Crippen LogP contribution in [0.1, 0.15) is 37.3 Å². The number of aromatic amines is 1. The second-order valence-electron chi connectivity index (χ2n) is 7.76. The Balaban J connectivity index is 1.58. The van der Waals surface area contributed by atoms with E-state index in [2.05, 4.69) is 32.5 Å². The number of aryl methyl sites for hydroxylation is 1. The van der Waals surface area contributed by atoms with E-state index in [1.165, 1.54) is 4.68 Å². The fraction of sp³-hybridized carbons (Fsp3) is 0.250. The normalized spacial score (nSPS) is 14.5. The molecule has 0 saturated heterocycles. The van der Waals surface area contributed by atoms with Crippen molar-refractivity contribution in [1.29, 1.82) is 0 Å². The highest BCUT2D eigenvalue weighted by atomic mass is 32.2. The van der Waals surface area contributed by atoms with E-state index in [9.17, 15) is 4.79 Å². The van der Waals surface area contributed by atoms with Gasteiger partial charge < -0.3 is 10.1 Å². The summed E-state index contributed by atoms with van der Waals surface area (Å²) in [6, 6.07) is 17.2. The average Bonchev–Trinajstić information content (AvgIpc) is 3.04. The molecule has 1 atom stereocenters. The second-order valence-corrected chi connectivity index (χ2v) is 8.83. The summed E-state index contributed by atoms with van der Waals surface area (Å²) in [4.78, 5) is 18.1. The molecular formula is C24H24N6O2S. The van der Waals surface area contributed by atoms with E-state index >= 15 is 0 Å². The van der Waals surface area contributed by atoms with E-state index in [1.807, 2.05) is 61.5 Å². The molecule has 8 nitrogen and oxygen atoms in total. The van der Waals surface area contributed by atoms with Crippen LogP contribution in [-0.2, 0) is 0 Å². The number of ether oxygens (including phenoxy) is 1. The quantitative estimate of drug-likeness (QED) is 0.317. The van der Waals surface area contributed by atoms with E-state index in [-0.39, 0.29) is 5.56 Å². The molecule has 2 N–H and O–H groups in total. The molecule has 0 fully saturated rings. The lowest BCUT2D eigenvalue weighted by molar-refractivity contribution is 0.223. The summed E-state index contributed by atoms with van der Waals surface area (Å²) >= 11 is 1.55. The summed E-state index contributed by atoms with van der Waals surface area (Å²) in [5.41, 5.74) is 3.95. The lowest BCUT2D eigenvalue weighted by atomic mass is 10.1. The first-order valence-electron chi connectivity index (χ1n) is 10.9. The van der Waals surface area contributed by atoms with Gasteiger partial charge in [0.1, 0.15) is 5.56 Å². The summed E-state index contributed by atoms with van der Waals surface area (Å²) in [5, 5.41) is 15.8. The molecule has 168 valence electrons. The van der Waals surface area contributed by atoms with Crippen molar-refractivity contribution in [3.8, 4) is 22.8 Å². The highest BCUT2D eigenvalue weighted by Gasteiger charge is 2.30. The molecule has 0 amide bonds. The molecule has 1 aliphatic heterocycles. The fourth-order valence-corrected chi connectivity index (χ4v) is 4.64. The number of hydrogen-bond acceptors (Lipinski definition) is 7. The highest BCUT2D eigenvalue weighted by molar-refractivity contribution is 7.99. The Labute approximate surface area is 195 Å². The summed E-state index contributed by atoms with van der Waals surface area (Å²) in [5.74, 6) is 1.27. The van der Waals surface area contributed by atoms with Gasteiger partial charge in [-0.15, -0.1) is 10.2 Å². The first-order chi connectivity index (χ1) is 16.2. The summed E-state index contributed by atoms with van der Waals surface area (Å²) in [6.07, 6.45) is 1.42. The maximum Gasteiger partial charge on any atom is 0.280 e. The zero-order valence-electron chi connectivity index (χ0n) is 18.4. The number of para-hydroxylation sites is 2. The minimum Gasteiger partial charge on any atom is -0.447 e. The maximum absolute atomic E-state index is 13.4. The molecule has 4 aromatic rings. The number of H-pyrrole nitrogens is 1. The van der Waals surface area contributed by atoms with Crippen molar-refractivity contribution in [3.05, 3.63) is 76.2 Å². The van der Waals surface area contributed by atoms with Crippen molar-refractivity contribution >= 4 is 17.4 Å². The maximum atomic E-state index is 13.4. The number of unbranched alkanes of at least 4 members (excludes halogenated alkanes) is 1. The Kier molecular flexibility index (Phi) is 5.87. The molecule has 0 unspecified atom stereocenters. The third-order valence-electron chi connectivity index (χ3n) is 5.46. The predicted molar refractivity (Wildman–Crippen MR) is 129 cm³/mol. The smallest absolute Gasteiger partial charge is 0.280 e. The van der Waals surface area contributed by atoms with Gasteiger partial charge in [0.05, 0.1) is 5.69 Å². The minimum absolute atomic E-state index is 0.184. The Morgan fingerprint density at radius 2 is 1.88 bits per heavy atom. The van der Waals surface area contributed by atoms with Gasteiger partial charge in [-0.2, -0.15) is 4.98 Å². The second kappa shape index (κ2) is 9.11. The van der Waals surface area contributed by atoms with Crippen LogP contribution in [-0.4, -0.2) is 30.7 Å². The molecule has 0 aliphatic carbocycles. The molecule has 2 aromatic heterocycles. The van der Waals surface area contributed by atoms with Crippen LogP contribution in [0.25, 0.3) is 16.9 Å². The van der Waals surface area contributed by atoms with Crippen molar-refractivity contribution in [2.24, 2.45) is 0 Å². The summed E-state index contributed by atoms with van der Waals surface area (Å²) in [6.45, 7) is 4.01. The standard InChI is InChI=1S/C24H24N6O2S/c1-3-4-14-33-24-26-22-20(27-28-24)17-12-8-9-13-18(17)25-21(32-22)19-15(2)29-30(23(19)31)16-10-6-5-7-11-16/h5-13,21,25,29H,3-4,14H2,1-2H3/t21-/m0/s1. The first-order valence-corrected chi connectivity index (χ1v) is 11.9. The van der Waals surface area contributed by atoms with Gasteiger partial charge in [-0.1, -0.05) is 61.5 Å². The Morgan fingerprint density at radius 1 is 1.09 bits per heavy atom. The zero-order chi connectivity index (χ0) is 22.8. The lowest BCUT2D eigenvalue weighted by Gasteiger charge is -2.17. The molecule has 3 heterocycles. The Bertz CT molecular complexity index is 1330. The molecule has 1 aliphatic rings. The third-order valence-corrected chi connectivity index (χ3v) is 6.38. The summed E-state index contributed by atoms with van der Waals surface area (Å²) < 4.78 is 7.84. The minimum atomic E-state index is -0.744. The van der Waals surface area contributed by atoms with Gasteiger partial charge >= 0.3 is 0 Å². The molecule has 0 radical (unpaired) electrons. The number of anilines is 1. The molecule has 0 saturated carbocycles. The van der Waals surface area contributed by atoms with E-state index in [4.69, 9.17) is 4.74 Å². The SMILES string of the molecule is CCCCSc1nnc2c(n1)O[C@@H](c1c(C)[nH]n(-c3ccccc3)c1=O)Nc1ccccc1-2. The number of aromatic nitrogens is 5. The van der Waals surface area contributed by atoms with Crippen LogP contribution in [0.4, 0.5) is 5.69 Å². The van der Waals surface area contributed by atoms with Crippen molar-refractivity contribution in [2.75, 3.05) is 11.1 Å². The number of fused-ring (bicyclic) bond motifs is 3. The Morgan fingerprint density at radius 3 is 2.70 bits per heavy atom. The fourth-order valence-electron chi connectivity index (χ4n) is 3.77. The largest absolute Gasteiger partial charge is 0.447 e. The van der Waals surface area contributed by atoms with Gasteiger partial charge in [-0.3, -0.25) is 9.89 Å². The van der Waals surface area contributed by atoms with Crippen LogP contribution in [0.3, 0.4) is 0 Å². The molecule has 0 bridgehead atoms. The topological polar surface area (TPSA) is 97.7 Å². The number of thioether (sulfide) groups is 1. The average molecular weight is 461 g/mol. The molecule has 5 rings (SSSR count). The number of nitrogens with zero attached hydrogens (tertiary/aromatic N) is 4. The van der Waals surface area contributed by atoms with E-state index in [1.54, 1.807) is 11.8 Å². The van der Waals surface area contributed by atoms with Crippen LogP contribution in [0.15, 0.2) is 64.5 Å². The van der Waals surface area contributed by atoms with Crippen LogP contribution in [0, 0.1) is 6.92 Å². The zero-order valence-corrected chi connectivity index (χ0v) is 19.2. The van der Waals surface area contributed by atoms with Crippen LogP contribution < -0.4 is 15.6 Å². The number of hydrogen-bond donors (Lipinski definition) is 2. The molecular weight excluding hydrogens is 436 g/mol. The number of nitrogens with one attached hydrogen (secondary N) is 2. The lowest BCUT2D eigenvalue weighted by Crippen LogP contribution is -2.26.